The lowest BCUT2D eigenvalue weighted by molar-refractivity contribution is -0.146. The van der Waals surface area contributed by atoms with Crippen molar-refractivity contribution in [3.63, 3.8) is 0 Å². The third-order valence-corrected chi connectivity index (χ3v) is 6.99. The Balaban J connectivity index is 1.54. The molecule has 10 heteroatoms. The molecule has 3 aromatic rings. The summed E-state index contributed by atoms with van der Waals surface area (Å²) in [6.45, 7) is -0.450. The molecule has 0 spiro atoms. The van der Waals surface area contributed by atoms with E-state index < -0.39 is 48.2 Å². The van der Waals surface area contributed by atoms with Crippen molar-refractivity contribution in [3.05, 3.63) is 101 Å². The molecule has 3 amide bonds. The number of carbonyl (C=O) groups is 3. The van der Waals surface area contributed by atoms with Gasteiger partial charge >= 0.3 is 12.0 Å². The Morgan fingerprint density at radius 3 is 2.00 bits per heavy atom. The van der Waals surface area contributed by atoms with E-state index in [1.165, 1.54) is 37.0 Å². The van der Waals surface area contributed by atoms with Crippen LogP contribution in [0.1, 0.15) is 71.1 Å². The van der Waals surface area contributed by atoms with E-state index in [-0.39, 0.29) is 11.3 Å². The number of halogens is 2. The fourth-order valence-electron chi connectivity index (χ4n) is 4.89. The first-order valence-corrected chi connectivity index (χ1v) is 13.1. The Labute approximate surface area is 230 Å². The first kappa shape index (κ1) is 28.7. The topological polar surface area (TPSA) is 128 Å². The van der Waals surface area contributed by atoms with Gasteiger partial charge in [0, 0.05) is 17.3 Å². The number of urea groups is 1. The van der Waals surface area contributed by atoms with Gasteiger partial charge in [-0.2, -0.15) is 0 Å². The summed E-state index contributed by atoms with van der Waals surface area (Å²) in [5.41, 5.74) is 2.82. The van der Waals surface area contributed by atoms with E-state index in [0.29, 0.717) is 17.5 Å². The smallest absolute Gasteiger partial charge is 0.334 e. The number of hydrogen-bond acceptors (Lipinski definition) is 4. The second-order valence-electron chi connectivity index (χ2n) is 9.88. The number of anilines is 1. The van der Waals surface area contributed by atoms with Crippen LogP contribution in [0.5, 0.6) is 0 Å². The maximum absolute atomic E-state index is 13.6. The SMILES string of the molecule is O=C(Nc1cc(F)cc(F)c1)NC(c1ccc(C(=O)NCC(O)C(=O)O)cc1)c1ccc(C2CCCCC2)cc1. The summed E-state index contributed by atoms with van der Waals surface area (Å²) in [4.78, 5) is 36.0. The molecule has 1 fully saturated rings. The van der Waals surface area contributed by atoms with Gasteiger partial charge in [-0.05, 0) is 59.7 Å². The van der Waals surface area contributed by atoms with Crippen molar-refractivity contribution in [1.82, 2.24) is 10.6 Å². The second kappa shape index (κ2) is 13.2. The van der Waals surface area contributed by atoms with Crippen LogP contribution in [0.2, 0.25) is 0 Å². The standard InChI is InChI=1S/C30H31F2N3O5/c31-23-14-24(32)16-25(15-23)34-30(40)35-27(20-8-6-19(7-9-20)18-4-2-1-3-5-18)21-10-12-22(13-11-21)28(37)33-17-26(36)29(38)39/h6-16,18,26-27,36H,1-5,17H2,(H,33,37)(H,38,39)(H2,34,35,40). The van der Waals surface area contributed by atoms with Crippen LogP contribution in [0.25, 0.3) is 0 Å². The second-order valence-corrected chi connectivity index (χ2v) is 9.88. The van der Waals surface area contributed by atoms with E-state index in [1.807, 2.05) is 12.1 Å². The van der Waals surface area contributed by atoms with Gasteiger partial charge in [0.25, 0.3) is 5.91 Å². The number of rotatable bonds is 9. The zero-order chi connectivity index (χ0) is 28.6. The fraction of sp³-hybridized carbons (Fsp3) is 0.300. The summed E-state index contributed by atoms with van der Waals surface area (Å²) < 4.78 is 27.2. The van der Waals surface area contributed by atoms with Crippen molar-refractivity contribution >= 4 is 23.6 Å². The molecular formula is C30H31F2N3O5. The van der Waals surface area contributed by atoms with E-state index >= 15 is 0 Å². The number of carboxylic acid groups (broad SMARTS) is 1. The molecule has 8 nitrogen and oxygen atoms in total. The van der Waals surface area contributed by atoms with Crippen molar-refractivity contribution < 1.29 is 33.4 Å². The zero-order valence-corrected chi connectivity index (χ0v) is 21.7. The minimum atomic E-state index is -1.72. The van der Waals surface area contributed by atoms with Crippen molar-refractivity contribution in [2.75, 3.05) is 11.9 Å². The highest BCUT2D eigenvalue weighted by Gasteiger charge is 2.21. The Bertz CT molecular complexity index is 1320. The summed E-state index contributed by atoms with van der Waals surface area (Å²) in [7, 11) is 0. The summed E-state index contributed by atoms with van der Waals surface area (Å²) in [5.74, 6) is -3.17. The highest BCUT2D eigenvalue weighted by molar-refractivity contribution is 5.94. The average Bonchev–Trinajstić information content (AvgIpc) is 2.94. The molecule has 0 aromatic heterocycles. The minimum absolute atomic E-state index is 0.0445. The number of carbonyl (C=O) groups excluding carboxylic acids is 2. The molecule has 1 aliphatic carbocycles. The molecule has 0 radical (unpaired) electrons. The molecule has 1 saturated carbocycles. The van der Waals surface area contributed by atoms with Gasteiger partial charge in [0.1, 0.15) is 11.6 Å². The summed E-state index contributed by atoms with van der Waals surface area (Å²) >= 11 is 0. The minimum Gasteiger partial charge on any atom is -0.479 e. The van der Waals surface area contributed by atoms with Crippen LogP contribution in [0.15, 0.2) is 66.7 Å². The molecule has 2 unspecified atom stereocenters. The number of nitrogens with one attached hydrogen (secondary N) is 3. The maximum atomic E-state index is 13.6. The van der Waals surface area contributed by atoms with Crippen LogP contribution < -0.4 is 16.0 Å². The molecule has 2 atom stereocenters. The molecule has 0 bridgehead atoms. The van der Waals surface area contributed by atoms with Gasteiger partial charge < -0.3 is 26.2 Å². The normalized spacial score (nSPS) is 15.1. The Kier molecular flexibility index (Phi) is 9.44. The highest BCUT2D eigenvalue weighted by Crippen LogP contribution is 2.33. The van der Waals surface area contributed by atoms with Crippen LogP contribution in [-0.2, 0) is 4.79 Å². The predicted molar refractivity (Wildman–Crippen MR) is 145 cm³/mol. The van der Waals surface area contributed by atoms with Gasteiger partial charge in [0.15, 0.2) is 6.10 Å². The van der Waals surface area contributed by atoms with E-state index in [1.54, 1.807) is 12.1 Å². The quantitative estimate of drug-likeness (QED) is 0.253. The number of aliphatic carboxylic acids is 1. The Morgan fingerprint density at radius 2 is 1.43 bits per heavy atom. The van der Waals surface area contributed by atoms with Gasteiger partial charge in [0.2, 0.25) is 0 Å². The molecule has 0 aliphatic heterocycles. The summed E-state index contributed by atoms with van der Waals surface area (Å²) in [6, 6.07) is 15.7. The van der Waals surface area contributed by atoms with Gasteiger partial charge in [0.05, 0.1) is 12.6 Å². The van der Waals surface area contributed by atoms with E-state index in [4.69, 9.17) is 5.11 Å². The lowest BCUT2D eigenvalue weighted by Gasteiger charge is -2.24. The Hall–Kier alpha value is -4.31. The molecule has 210 valence electrons. The van der Waals surface area contributed by atoms with Crippen LogP contribution in [0.4, 0.5) is 19.3 Å². The summed E-state index contributed by atoms with van der Waals surface area (Å²) in [5, 5.41) is 25.8. The van der Waals surface area contributed by atoms with E-state index in [9.17, 15) is 28.3 Å². The van der Waals surface area contributed by atoms with Crippen LogP contribution in [0, 0.1) is 11.6 Å². The van der Waals surface area contributed by atoms with Crippen LogP contribution >= 0.6 is 0 Å². The van der Waals surface area contributed by atoms with Gasteiger partial charge in [-0.1, -0.05) is 55.7 Å². The third-order valence-electron chi connectivity index (χ3n) is 6.99. The van der Waals surface area contributed by atoms with Crippen molar-refractivity contribution in [1.29, 1.82) is 0 Å². The first-order chi connectivity index (χ1) is 19.2. The van der Waals surface area contributed by atoms with Gasteiger partial charge in [-0.25, -0.2) is 18.4 Å². The van der Waals surface area contributed by atoms with E-state index in [0.717, 1.165) is 30.5 Å². The van der Waals surface area contributed by atoms with Crippen molar-refractivity contribution in [2.24, 2.45) is 0 Å². The average molecular weight is 552 g/mol. The van der Waals surface area contributed by atoms with Gasteiger partial charge in [-0.15, -0.1) is 0 Å². The van der Waals surface area contributed by atoms with E-state index in [2.05, 4.69) is 28.1 Å². The Morgan fingerprint density at radius 1 is 0.850 bits per heavy atom. The number of hydrogen-bond donors (Lipinski definition) is 5. The third kappa shape index (κ3) is 7.63. The fourth-order valence-corrected chi connectivity index (χ4v) is 4.89. The number of aliphatic hydroxyl groups excluding tert-OH is 1. The number of aliphatic hydroxyl groups is 1. The lowest BCUT2D eigenvalue weighted by Crippen LogP contribution is -2.36. The van der Waals surface area contributed by atoms with Crippen LogP contribution in [-0.4, -0.2) is 40.8 Å². The number of carboxylic acids is 1. The highest BCUT2D eigenvalue weighted by atomic mass is 19.1. The molecular weight excluding hydrogens is 520 g/mol. The number of benzene rings is 3. The number of amides is 3. The molecule has 1 aliphatic rings. The lowest BCUT2D eigenvalue weighted by atomic mass is 9.83. The monoisotopic (exact) mass is 551 g/mol. The molecule has 4 rings (SSSR count). The maximum Gasteiger partial charge on any atom is 0.334 e. The van der Waals surface area contributed by atoms with Crippen molar-refractivity contribution in [3.8, 4) is 0 Å². The molecule has 0 saturated heterocycles. The largest absolute Gasteiger partial charge is 0.479 e. The van der Waals surface area contributed by atoms with Crippen molar-refractivity contribution in [2.45, 2.75) is 50.2 Å². The zero-order valence-electron chi connectivity index (χ0n) is 21.7. The predicted octanol–water partition coefficient (Wildman–Crippen LogP) is 5.10. The van der Waals surface area contributed by atoms with Crippen LogP contribution in [0.3, 0.4) is 0 Å². The summed E-state index contributed by atoms with van der Waals surface area (Å²) in [6.07, 6.45) is 4.21. The molecule has 5 N–H and O–H groups in total. The molecule has 40 heavy (non-hydrogen) atoms. The molecule has 3 aromatic carbocycles. The van der Waals surface area contributed by atoms with Gasteiger partial charge in [-0.3, -0.25) is 4.79 Å². The first-order valence-electron chi connectivity index (χ1n) is 13.1. The molecule has 0 heterocycles.